The summed E-state index contributed by atoms with van der Waals surface area (Å²) in [4.78, 5) is 25.6. The van der Waals surface area contributed by atoms with E-state index >= 15 is 0 Å². The third-order valence-corrected chi connectivity index (χ3v) is 5.34. The van der Waals surface area contributed by atoms with Crippen LogP contribution in [0, 0.1) is 5.92 Å². The predicted octanol–water partition coefficient (Wildman–Crippen LogP) is 4.57. The Bertz CT molecular complexity index is 1070. The van der Waals surface area contributed by atoms with Gasteiger partial charge in [0.1, 0.15) is 11.8 Å². The number of hydrogen-bond acceptors (Lipinski definition) is 3. The van der Waals surface area contributed by atoms with Crippen LogP contribution in [0.25, 0.3) is 10.8 Å². The smallest absolute Gasteiger partial charge is 0.253 e. The molecule has 0 bridgehead atoms. The topological polar surface area (TPSA) is 67.4 Å². The van der Waals surface area contributed by atoms with Crippen molar-refractivity contribution in [2.75, 3.05) is 7.11 Å². The molecule has 6 heteroatoms. The monoisotopic (exact) mass is 424 g/mol. The first-order chi connectivity index (χ1) is 14.4. The minimum atomic E-state index is -0.699. The number of carbonyl (C=O) groups is 2. The first kappa shape index (κ1) is 21.7. The van der Waals surface area contributed by atoms with Gasteiger partial charge in [0.15, 0.2) is 0 Å². The number of rotatable bonds is 7. The van der Waals surface area contributed by atoms with Crippen molar-refractivity contribution in [2.45, 2.75) is 26.4 Å². The summed E-state index contributed by atoms with van der Waals surface area (Å²) in [6.45, 7) is 4.06. The number of fused-ring (bicyclic) bond motifs is 1. The van der Waals surface area contributed by atoms with Crippen LogP contribution in [-0.2, 0) is 11.3 Å². The van der Waals surface area contributed by atoms with Gasteiger partial charge in [0, 0.05) is 12.1 Å². The second-order valence-electron chi connectivity index (χ2n) is 7.36. The summed E-state index contributed by atoms with van der Waals surface area (Å²) in [5, 5.41) is 8.18. The minimum Gasteiger partial charge on any atom is -0.496 e. The molecule has 1 atom stereocenters. The highest BCUT2D eigenvalue weighted by Crippen LogP contribution is 2.28. The van der Waals surface area contributed by atoms with Gasteiger partial charge < -0.3 is 15.4 Å². The minimum absolute atomic E-state index is 0.106. The Morgan fingerprint density at radius 2 is 1.70 bits per heavy atom. The molecule has 2 amide bonds. The zero-order valence-corrected chi connectivity index (χ0v) is 18.0. The van der Waals surface area contributed by atoms with E-state index in [9.17, 15) is 9.59 Å². The van der Waals surface area contributed by atoms with Gasteiger partial charge in [-0.3, -0.25) is 9.59 Å². The number of benzene rings is 3. The van der Waals surface area contributed by atoms with Crippen LogP contribution < -0.4 is 15.4 Å². The number of ether oxygens (including phenoxy) is 1. The highest BCUT2D eigenvalue weighted by molar-refractivity contribution is 6.33. The molecule has 2 N–H and O–H groups in total. The second-order valence-corrected chi connectivity index (χ2v) is 7.77. The van der Waals surface area contributed by atoms with E-state index in [0.29, 0.717) is 16.3 Å². The Balaban J connectivity index is 1.77. The lowest BCUT2D eigenvalue weighted by Crippen LogP contribution is -2.49. The van der Waals surface area contributed by atoms with Gasteiger partial charge >= 0.3 is 0 Å². The molecule has 0 aliphatic heterocycles. The summed E-state index contributed by atoms with van der Waals surface area (Å²) in [6, 6.07) is 17.9. The number of carbonyl (C=O) groups excluding carboxylic acids is 2. The quantitative estimate of drug-likeness (QED) is 0.583. The maximum Gasteiger partial charge on any atom is 0.253 e. The Hall–Kier alpha value is -3.05. The van der Waals surface area contributed by atoms with E-state index in [0.717, 1.165) is 16.3 Å². The lowest BCUT2D eigenvalue weighted by atomic mass is 10.0. The van der Waals surface area contributed by atoms with E-state index in [2.05, 4.69) is 10.6 Å². The molecule has 5 nitrogen and oxygen atoms in total. The highest BCUT2D eigenvalue weighted by Gasteiger charge is 2.25. The van der Waals surface area contributed by atoms with Crippen LogP contribution in [0.2, 0.25) is 5.02 Å². The van der Waals surface area contributed by atoms with Gasteiger partial charge in [-0.05, 0) is 34.9 Å². The lowest BCUT2D eigenvalue weighted by molar-refractivity contribution is -0.124. The number of amides is 2. The Kier molecular flexibility index (Phi) is 6.95. The molecule has 0 aliphatic carbocycles. The summed E-state index contributed by atoms with van der Waals surface area (Å²) in [5.41, 5.74) is 1.23. The first-order valence-corrected chi connectivity index (χ1v) is 10.2. The maximum atomic E-state index is 12.9. The van der Waals surface area contributed by atoms with Crippen molar-refractivity contribution in [3.05, 3.63) is 76.8 Å². The fourth-order valence-corrected chi connectivity index (χ4v) is 3.60. The van der Waals surface area contributed by atoms with Crippen LogP contribution in [0.4, 0.5) is 0 Å². The molecule has 0 saturated heterocycles. The molecule has 0 fully saturated rings. The van der Waals surface area contributed by atoms with E-state index in [1.807, 2.05) is 50.2 Å². The molecule has 0 aromatic heterocycles. The van der Waals surface area contributed by atoms with Gasteiger partial charge in [-0.25, -0.2) is 0 Å². The molecule has 3 aromatic carbocycles. The van der Waals surface area contributed by atoms with Crippen LogP contribution in [0.1, 0.15) is 29.8 Å². The van der Waals surface area contributed by atoms with E-state index in [4.69, 9.17) is 16.3 Å². The predicted molar refractivity (Wildman–Crippen MR) is 120 cm³/mol. The average molecular weight is 425 g/mol. The van der Waals surface area contributed by atoms with Gasteiger partial charge in [-0.2, -0.15) is 0 Å². The molecular weight excluding hydrogens is 400 g/mol. The van der Waals surface area contributed by atoms with Gasteiger partial charge in [-0.15, -0.1) is 0 Å². The highest BCUT2D eigenvalue weighted by atomic mass is 35.5. The van der Waals surface area contributed by atoms with Crippen molar-refractivity contribution in [3.8, 4) is 5.75 Å². The van der Waals surface area contributed by atoms with Crippen molar-refractivity contribution in [3.63, 3.8) is 0 Å². The Labute approximate surface area is 181 Å². The van der Waals surface area contributed by atoms with E-state index < -0.39 is 6.04 Å². The fraction of sp³-hybridized carbons (Fsp3) is 0.250. The van der Waals surface area contributed by atoms with Crippen LogP contribution in [0.15, 0.2) is 60.7 Å². The average Bonchev–Trinajstić information content (AvgIpc) is 2.75. The molecule has 0 aliphatic rings. The molecule has 156 valence electrons. The summed E-state index contributed by atoms with van der Waals surface area (Å²) in [5.74, 6) is -0.0429. The van der Waals surface area contributed by atoms with Crippen molar-refractivity contribution in [1.29, 1.82) is 0 Å². The molecule has 3 rings (SSSR count). The third kappa shape index (κ3) is 4.74. The standard InChI is InChI=1S/C24H25ClN2O3/c1-15(2)22(27-23(28)18-10-6-7-11-20(18)25)24(29)26-14-19-17-9-5-4-8-16(17)12-13-21(19)30-3/h4-13,15,22H,14H2,1-3H3,(H,26,29)(H,27,28). The number of halogens is 1. The molecule has 0 saturated carbocycles. The van der Waals surface area contributed by atoms with Crippen LogP contribution in [-0.4, -0.2) is 25.0 Å². The molecule has 0 spiro atoms. The largest absolute Gasteiger partial charge is 0.496 e. The van der Waals surface area contributed by atoms with Crippen molar-refractivity contribution in [1.82, 2.24) is 10.6 Å². The molecule has 0 radical (unpaired) electrons. The SMILES string of the molecule is COc1ccc2ccccc2c1CNC(=O)C(NC(=O)c1ccccc1Cl)C(C)C. The summed E-state index contributed by atoms with van der Waals surface area (Å²) >= 11 is 6.12. The number of methoxy groups -OCH3 is 1. The normalized spacial score (nSPS) is 11.9. The second kappa shape index (κ2) is 9.63. The number of nitrogens with one attached hydrogen (secondary N) is 2. The number of hydrogen-bond donors (Lipinski definition) is 2. The van der Waals surface area contributed by atoms with Crippen molar-refractivity contribution < 1.29 is 14.3 Å². The van der Waals surface area contributed by atoms with E-state index in [1.165, 1.54) is 0 Å². The molecule has 30 heavy (non-hydrogen) atoms. The fourth-order valence-electron chi connectivity index (χ4n) is 3.37. The zero-order valence-electron chi connectivity index (χ0n) is 17.2. The lowest BCUT2D eigenvalue weighted by Gasteiger charge is -2.22. The van der Waals surface area contributed by atoms with E-state index in [1.54, 1.807) is 31.4 Å². The molecule has 3 aromatic rings. The van der Waals surface area contributed by atoms with Gasteiger partial charge in [0.05, 0.1) is 17.7 Å². The third-order valence-electron chi connectivity index (χ3n) is 5.01. The maximum absolute atomic E-state index is 12.9. The molecule has 0 heterocycles. The van der Waals surface area contributed by atoms with Crippen LogP contribution in [0.3, 0.4) is 0 Å². The van der Waals surface area contributed by atoms with Gasteiger partial charge in [0.2, 0.25) is 5.91 Å². The summed E-state index contributed by atoms with van der Waals surface area (Å²) in [6.07, 6.45) is 0. The summed E-state index contributed by atoms with van der Waals surface area (Å²) < 4.78 is 5.49. The van der Waals surface area contributed by atoms with Crippen molar-refractivity contribution in [2.24, 2.45) is 5.92 Å². The van der Waals surface area contributed by atoms with Crippen LogP contribution >= 0.6 is 11.6 Å². The molecular formula is C24H25ClN2O3. The van der Waals surface area contributed by atoms with Gasteiger partial charge in [0.25, 0.3) is 5.91 Å². The molecule has 1 unspecified atom stereocenters. The Morgan fingerprint density at radius 1 is 1.00 bits per heavy atom. The van der Waals surface area contributed by atoms with Crippen molar-refractivity contribution >= 4 is 34.2 Å². The Morgan fingerprint density at radius 3 is 2.40 bits per heavy atom. The van der Waals surface area contributed by atoms with Crippen LogP contribution in [0.5, 0.6) is 5.75 Å². The van der Waals surface area contributed by atoms with Gasteiger partial charge in [-0.1, -0.05) is 67.9 Å². The summed E-state index contributed by atoms with van der Waals surface area (Å²) in [7, 11) is 1.61. The van der Waals surface area contributed by atoms with E-state index in [-0.39, 0.29) is 24.3 Å². The zero-order chi connectivity index (χ0) is 21.7. The first-order valence-electron chi connectivity index (χ1n) is 9.80.